The van der Waals surface area contributed by atoms with Crippen molar-refractivity contribution in [2.24, 2.45) is 4.99 Å². The van der Waals surface area contributed by atoms with Crippen molar-refractivity contribution in [3.8, 4) is 0 Å². The first-order valence-electron chi connectivity index (χ1n) is 10.2. The molecule has 2 fully saturated rings. The minimum atomic E-state index is -0.463. The predicted octanol–water partition coefficient (Wildman–Crippen LogP) is 3.30. The largest absolute Gasteiger partial charge is 0.385 e. The minimum absolute atomic E-state index is 0.0275. The third-order valence-corrected chi connectivity index (χ3v) is 5.37. The summed E-state index contributed by atoms with van der Waals surface area (Å²) in [6, 6.07) is 4.09. The molecule has 0 spiro atoms. The van der Waals surface area contributed by atoms with Crippen LogP contribution in [0.3, 0.4) is 0 Å². The standard InChI is InChI=1S/C21H31F2N3O2/c1-3-24-21(26-10-8-15(9-11-26)28-13-5-12-27-2)25-19-14-16(19)20-17(22)6-4-7-18(20)23/h4,6-7,15-16,19H,3,5,8-14H2,1-2H3,(H,24,25). The smallest absolute Gasteiger partial charge is 0.194 e. The lowest BCUT2D eigenvalue weighted by molar-refractivity contribution is 0.00988. The van der Waals surface area contributed by atoms with Gasteiger partial charge in [-0.1, -0.05) is 6.07 Å². The molecule has 1 aliphatic carbocycles. The van der Waals surface area contributed by atoms with Gasteiger partial charge in [0, 0.05) is 57.5 Å². The zero-order chi connectivity index (χ0) is 19.9. The van der Waals surface area contributed by atoms with Gasteiger partial charge in [-0.15, -0.1) is 0 Å². The Balaban J connectivity index is 1.50. The number of nitrogens with one attached hydrogen (secondary N) is 1. The molecular formula is C21H31F2N3O2. The number of ether oxygens (including phenoxy) is 2. The summed E-state index contributed by atoms with van der Waals surface area (Å²) in [5.74, 6) is -0.223. The van der Waals surface area contributed by atoms with E-state index >= 15 is 0 Å². The van der Waals surface area contributed by atoms with E-state index in [1.54, 1.807) is 7.11 Å². The molecule has 156 valence electrons. The highest BCUT2D eigenvalue weighted by molar-refractivity contribution is 5.81. The monoisotopic (exact) mass is 395 g/mol. The van der Waals surface area contributed by atoms with E-state index in [9.17, 15) is 8.78 Å². The number of piperidine rings is 1. The number of aliphatic imine (C=N–C) groups is 1. The van der Waals surface area contributed by atoms with Crippen LogP contribution in [0.5, 0.6) is 0 Å². The average molecular weight is 395 g/mol. The first-order valence-corrected chi connectivity index (χ1v) is 10.2. The number of guanidine groups is 1. The van der Waals surface area contributed by atoms with Gasteiger partial charge in [-0.3, -0.25) is 4.99 Å². The molecule has 0 radical (unpaired) electrons. The van der Waals surface area contributed by atoms with Gasteiger partial charge in [-0.25, -0.2) is 8.78 Å². The summed E-state index contributed by atoms with van der Waals surface area (Å²) in [5, 5.41) is 3.42. The first-order chi connectivity index (χ1) is 13.6. The molecule has 0 bridgehead atoms. The maximum Gasteiger partial charge on any atom is 0.194 e. The van der Waals surface area contributed by atoms with Gasteiger partial charge < -0.3 is 19.7 Å². The minimum Gasteiger partial charge on any atom is -0.385 e. The molecule has 5 nitrogen and oxygen atoms in total. The van der Waals surface area contributed by atoms with Crippen molar-refractivity contribution in [1.29, 1.82) is 0 Å². The number of hydrogen-bond donors (Lipinski definition) is 1. The summed E-state index contributed by atoms with van der Waals surface area (Å²) in [7, 11) is 1.70. The van der Waals surface area contributed by atoms with E-state index in [4.69, 9.17) is 9.47 Å². The molecule has 28 heavy (non-hydrogen) atoms. The van der Waals surface area contributed by atoms with Gasteiger partial charge in [0.05, 0.1) is 6.10 Å². The van der Waals surface area contributed by atoms with Gasteiger partial charge in [-0.2, -0.15) is 0 Å². The Kier molecular flexibility index (Phi) is 7.62. The van der Waals surface area contributed by atoms with Crippen molar-refractivity contribution < 1.29 is 18.3 Å². The maximum absolute atomic E-state index is 14.0. The van der Waals surface area contributed by atoms with Crippen molar-refractivity contribution in [3.63, 3.8) is 0 Å². The molecule has 1 saturated heterocycles. The number of benzene rings is 1. The second-order valence-corrected chi connectivity index (χ2v) is 7.43. The third kappa shape index (κ3) is 5.41. The third-order valence-electron chi connectivity index (χ3n) is 5.37. The van der Waals surface area contributed by atoms with Crippen LogP contribution in [0.4, 0.5) is 8.78 Å². The lowest BCUT2D eigenvalue weighted by Crippen LogP contribution is -2.48. The molecule has 0 amide bonds. The Morgan fingerprint density at radius 1 is 1.21 bits per heavy atom. The zero-order valence-corrected chi connectivity index (χ0v) is 16.8. The highest BCUT2D eigenvalue weighted by Gasteiger charge is 2.43. The van der Waals surface area contributed by atoms with Gasteiger partial charge in [0.25, 0.3) is 0 Å². The Labute approximate surface area is 166 Å². The van der Waals surface area contributed by atoms with Crippen molar-refractivity contribution >= 4 is 5.96 Å². The van der Waals surface area contributed by atoms with E-state index in [1.165, 1.54) is 18.2 Å². The van der Waals surface area contributed by atoms with Crippen LogP contribution < -0.4 is 5.32 Å². The molecular weight excluding hydrogens is 364 g/mol. The average Bonchev–Trinajstić information content (AvgIpc) is 3.44. The SMILES string of the molecule is CCN=C(NC1CC1c1c(F)cccc1F)N1CCC(OCCCOC)CC1. The molecule has 1 aliphatic heterocycles. The molecule has 2 atom stereocenters. The van der Waals surface area contributed by atoms with Crippen LogP contribution >= 0.6 is 0 Å². The fourth-order valence-corrected chi connectivity index (χ4v) is 3.78. The summed E-state index contributed by atoms with van der Waals surface area (Å²) < 4.78 is 39.0. The summed E-state index contributed by atoms with van der Waals surface area (Å²) in [5.41, 5.74) is 0.194. The number of nitrogens with zero attached hydrogens (tertiary/aromatic N) is 2. The molecule has 1 N–H and O–H groups in total. The highest BCUT2D eigenvalue weighted by atomic mass is 19.1. The number of halogens is 2. The van der Waals surface area contributed by atoms with Crippen LogP contribution in [0.2, 0.25) is 0 Å². The van der Waals surface area contributed by atoms with Gasteiger partial charge in [-0.05, 0) is 44.7 Å². The Hall–Kier alpha value is -1.73. The Bertz CT molecular complexity index is 643. The van der Waals surface area contributed by atoms with Crippen LogP contribution in [0, 0.1) is 11.6 Å². The fourth-order valence-electron chi connectivity index (χ4n) is 3.78. The molecule has 7 heteroatoms. The number of hydrogen-bond acceptors (Lipinski definition) is 3. The van der Waals surface area contributed by atoms with Crippen molar-refractivity contribution in [3.05, 3.63) is 35.4 Å². The molecule has 0 aromatic heterocycles. The van der Waals surface area contributed by atoms with E-state index in [0.29, 0.717) is 6.54 Å². The molecule has 3 rings (SSSR count). The molecule has 2 unspecified atom stereocenters. The van der Waals surface area contributed by atoms with Crippen LogP contribution in [0.25, 0.3) is 0 Å². The van der Waals surface area contributed by atoms with E-state index in [0.717, 1.165) is 57.9 Å². The summed E-state index contributed by atoms with van der Waals surface area (Å²) in [6.45, 7) is 5.85. The van der Waals surface area contributed by atoms with Crippen molar-refractivity contribution in [1.82, 2.24) is 10.2 Å². The topological polar surface area (TPSA) is 46.1 Å². The van der Waals surface area contributed by atoms with E-state index in [2.05, 4.69) is 15.2 Å². The normalized spacial score (nSPS) is 23.1. The zero-order valence-electron chi connectivity index (χ0n) is 16.8. The molecule has 1 saturated carbocycles. The number of methoxy groups -OCH3 is 1. The second-order valence-electron chi connectivity index (χ2n) is 7.43. The van der Waals surface area contributed by atoms with Crippen LogP contribution in [0.1, 0.15) is 44.1 Å². The van der Waals surface area contributed by atoms with Crippen LogP contribution in [0.15, 0.2) is 23.2 Å². The summed E-state index contributed by atoms with van der Waals surface area (Å²) >= 11 is 0. The number of rotatable bonds is 8. The predicted molar refractivity (Wildman–Crippen MR) is 106 cm³/mol. The molecule has 1 aromatic carbocycles. The van der Waals surface area contributed by atoms with E-state index < -0.39 is 11.6 Å². The molecule has 2 aliphatic rings. The second kappa shape index (κ2) is 10.2. The fraction of sp³-hybridized carbons (Fsp3) is 0.667. The van der Waals surface area contributed by atoms with Gasteiger partial charge in [0.2, 0.25) is 0 Å². The van der Waals surface area contributed by atoms with Gasteiger partial charge >= 0.3 is 0 Å². The summed E-state index contributed by atoms with van der Waals surface area (Å²) in [6.07, 6.45) is 3.81. The summed E-state index contributed by atoms with van der Waals surface area (Å²) in [4.78, 5) is 6.83. The molecule has 1 heterocycles. The quantitative estimate of drug-likeness (QED) is 0.417. The Morgan fingerprint density at radius 3 is 2.57 bits per heavy atom. The first kappa shape index (κ1) is 21.0. The van der Waals surface area contributed by atoms with Crippen LogP contribution in [-0.4, -0.2) is 63.0 Å². The van der Waals surface area contributed by atoms with Crippen molar-refractivity contribution in [2.75, 3.05) is 40.0 Å². The van der Waals surface area contributed by atoms with E-state index in [-0.39, 0.29) is 23.6 Å². The lowest BCUT2D eigenvalue weighted by Gasteiger charge is -2.34. The van der Waals surface area contributed by atoms with Gasteiger partial charge in [0.15, 0.2) is 5.96 Å². The Morgan fingerprint density at radius 2 is 1.93 bits per heavy atom. The van der Waals surface area contributed by atoms with Gasteiger partial charge in [0.1, 0.15) is 11.6 Å². The lowest BCUT2D eigenvalue weighted by atomic mass is 10.1. The maximum atomic E-state index is 14.0. The van der Waals surface area contributed by atoms with E-state index in [1.807, 2.05) is 6.92 Å². The molecule has 1 aromatic rings. The number of likely N-dealkylation sites (tertiary alicyclic amines) is 1. The van der Waals surface area contributed by atoms with Crippen molar-refractivity contribution in [2.45, 2.75) is 50.7 Å². The highest BCUT2D eigenvalue weighted by Crippen LogP contribution is 2.43. The van der Waals surface area contributed by atoms with Crippen LogP contribution in [-0.2, 0) is 9.47 Å².